The first-order valence-electron chi connectivity index (χ1n) is 13.4. The van der Waals surface area contributed by atoms with E-state index in [1.807, 2.05) is 39.0 Å². The molecule has 2 fully saturated rings. The van der Waals surface area contributed by atoms with Gasteiger partial charge in [-0.2, -0.15) is 0 Å². The largest absolute Gasteiger partial charge is 0.474 e. The molecule has 0 amide bonds. The number of ketones is 1. The van der Waals surface area contributed by atoms with Crippen molar-refractivity contribution >= 4 is 44.2 Å². The molecule has 1 aromatic carbocycles. The molecule has 38 heavy (non-hydrogen) atoms. The third-order valence-corrected chi connectivity index (χ3v) is 10.0. The van der Waals surface area contributed by atoms with Gasteiger partial charge in [-0.15, -0.1) is 0 Å². The number of nitrogens with one attached hydrogen (secondary N) is 1. The maximum absolute atomic E-state index is 13.8. The molecule has 2 heterocycles. The molecule has 204 valence electrons. The molecule has 2 aliphatic carbocycles. The molecule has 5 rings (SSSR count). The Morgan fingerprint density at radius 1 is 1.24 bits per heavy atom. The van der Waals surface area contributed by atoms with Crippen LogP contribution >= 0.6 is 11.6 Å². The Morgan fingerprint density at radius 2 is 1.97 bits per heavy atom. The predicted molar refractivity (Wildman–Crippen MR) is 148 cm³/mol. The molecule has 0 radical (unpaired) electrons. The zero-order chi connectivity index (χ0) is 27.2. The molecule has 10 heteroatoms. The first-order chi connectivity index (χ1) is 18.1. The number of carbonyl (C=O) groups is 1. The third-order valence-electron chi connectivity index (χ3n) is 7.93. The van der Waals surface area contributed by atoms with E-state index in [0.29, 0.717) is 41.1 Å². The van der Waals surface area contributed by atoms with E-state index in [0.717, 1.165) is 42.4 Å². The number of fused-ring (bicyclic) bond motifs is 1. The maximum Gasteiger partial charge on any atom is 0.236 e. The fourth-order valence-electron chi connectivity index (χ4n) is 5.04. The second kappa shape index (κ2) is 10.2. The van der Waals surface area contributed by atoms with Crippen molar-refractivity contribution in [2.75, 3.05) is 4.72 Å². The molecule has 3 aromatic rings. The van der Waals surface area contributed by atoms with Crippen LogP contribution < -0.4 is 9.46 Å². The van der Waals surface area contributed by atoms with Crippen molar-refractivity contribution in [1.29, 1.82) is 0 Å². The minimum atomic E-state index is -3.49. The van der Waals surface area contributed by atoms with Crippen molar-refractivity contribution in [2.24, 2.45) is 0 Å². The molecule has 0 spiro atoms. The molecule has 2 aromatic heterocycles. The van der Waals surface area contributed by atoms with Crippen molar-refractivity contribution in [3.63, 3.8) is 0 Å². The SMILES string of the molecule is CCC(C)Oc1ncc(C(CC)CC(=O)C2(c3cc4c(NS(=O)(=O)C5CC5)noc4cc3C)CC2)cc1Cl. The van der Waals surface area contributed by atoms with E-state index in [-0.39, 0.29) is 28.9 Å². The summed E-state index contributed by atoms with van der Waals surface area (Å²) in [5.41, 5.74) is 2.66. The van der Waals surface area contributed by atoms with Gasteiger partial charge in [0.15, 0.2) is 11.4 Å². The first kappa shape index (κ1) is 26.9. The highest BCUT2D eigenvalue weighted by Crippen LogP contribution is 2.53. The molecular formula is C28H34ClN3O5S. The van der Waals surface area contributed by atoms with Crippen molar-refractivity contribution in [3.8, 4) is 5.88 Å². The first-order valence-corrected chi connectivity index (χ1v) is 15.3. The Hall–Kier alpha value is -2.65. The highest BCUT2D eigenvalue weighted by molar-refractivity contribution is 7.93. The number of pyridine rings is 1. The number of hydrogen-bond donors (Lipinski definition) is 1. The van der Waals surface area contributed by atoms with Gasteiger partial charge < -0.3 is 9.26 Å². The fourth-order valence-corrected chi connectivity index (χ4v) is 6.60. The summed E-state index contributed by atoms with van der Waals surface area (Å²) in [6.07, 6.45) is 6.57. The number of rotatable bonds is 12. The fraction of sp³-hybridized carbons (Fsp3) is 0.536. The lowest BCUT2D eigenvalue weighted by Gasteiger charge is -2.22. The van der Waals surface area contributed by atoms with Gasteiger partial charge in [-0.25, -0.2) is 13.4 Å². The van der Waals surface area contributed by atoms with Crippen molar-refractivity contribution < 1.29 is 22.5 Å². The maximum atomic E-state index is 13.8. The van der Waals surface area contributed by atoms with E-state index in [1.165, 1.54) is 0 Å². The quantitative estimate of drug-likeness (QED) is 0.271. The van der Waals surface area contributed by atoms with E-state index >= 15 is 0 Å². The number of carbonyl (C=O) groups excluding carboxylic acids is 1. The van der Waals surface area contributed by atoms with Crippen LogP contribution in [0.2, 0.25) is 5.02 Å². The molecule has 2 unspecified atom stereocenters. The van der Waals surface area contributed by atoms with Gasteiger partial charge in [-0.05, 0) is 93.2 Å². The summed E-state index contributed by atoms with van der Waals surface area (Å²) in [5.74, 6) is 0.737. The summed E-state index contributed by atoms with van der Waals surface area (Å²) in [7, 11) is -3.49. The van der Waals surface area contributed by atoms with E-state index < -0.39 is 15.4 Å². The van der Waals surface area contributed by atoms with Gasteiger partial charge >= 0.3 is 0 Å². The van der Waals surface area contributed by atoms with Gasteiger partial charge in [-0.1, -0.05) is 30.6 Å². The molecule has 0 aliphatic heterocycles. The number of Topliss-reactive ketones (excluding diaryl/α,β-unsaturated/α-hetero) is 1. The second-order valence-electron chi connectivity index (χ2n) is 10.7. The molecule has 8 nitrogen and oxygen atoms in total. The molecule has 2 saturated carbocycles. The van der Waals surface area contributed by atoms with Crippen LogP contribution in [0.4, 0.5) is 5.82 Å². The number of hydrogen-bond acceptors (Lipinski definition) is 7. The lowest BCUT2D eigenvalue weighted by atomic mass is 9.81. The van der Waals surface area contributed by atoms with Crippen LogP contribution in [0.3, 0.4) is 0 Å². The van der Waals surface area contributed by atoms with Gasteiger partial charge in [0.2, 0.25) is 15.9 Å². The van der Waals surface area contributed by atoms with Gasteiger partial charge in [0.05, 0.1) is 22.2 Å². The van der Waals surface area contributed by atoms with Crippen LogP contribution in [-0.4, -0.2) is 35.7 Å². The number of aromatic nitrogens is 2. The summed E-state index contributed by atoms with van der Waals surface area (Å²) >= 11 is 6.48. The van der Waals surface area contributed by atoms with Gasteiger partial charge in [0.1, 0.15) is 10.8 Å². The van der Waals surface area contributed by atoms with Crippen molar-refractivity contribution in [2.45, 2.75) is 95.3 Å². The predicted octanol–water partition coefficient (Wildman–Crippen LogP) is 6.45. The second-order valence-corrected chi connectivity index (χ2v) is 13.1. The molecule has 0 bridgehead atoms. The van der Waals surface area contributed by atoms with Crippen LogP contribution in [0.25, 0.3) is 11.0 Å². The van der Waals surface area contributed by atoms with Crippen molar-refractivity contribution in [1.82, 2.24) is 10.1 Å². The van der Waals surface area contributed by atoms with Gasteiger partial charge in [-0.3, -0.25) is 9.52 Å². The average molecular weight is 560 g/mol. The lowest BCUT2D eigenvalue weighted by Crippen LogP contribution is -2.24. The monoisotopic (exact) mass is 559 g/mol. The summed E-state index contributed by atoms with van der Waals surface area (Å²) in [6, 6.07) is 5.59. The van der Waals surface area contributed by atoms with E-state index in [9.17, 15) is 13.2 Å². The van der Waals surface area contributed by atoms with Crippen LogP contribution in [0, 0.1) is 6.92 Å². The van der Waals surface area contributed by atoms with E-state index in [1.54, 1.807) is 6.20 Å². The molecule has 1 N–H and O–H groups in total. The number of ether oxygens (including phenoxy) is 1. The molecule has 0 saturated heterocycles. The standard InChI is InChI=1S/C28H34ClN3O5S/c1-5-17(4)36-27-23(29)12-19(15-30-27)18(6-2)13-25(33)28(9-10-28)22-14-21-24(11-16(22)3)37-31-26(21)32-38(34,35)20-7-8-20/h11-12,14-15,17-18,20H,5-10,13H2,1-4H3,(H,31,32). The highest BCUT2D eigenvalue weighted by Gasteiger charge is 2.52. The number of halogens is 1. The lowest BCUT2D eigenvalue weighted by molar-refractivity contribution is -0.121. The summed E-state index contributed by atoms with van der Waals surface area (Å²) in [5, 5.41) is 4.63. The minimum Gasteiger partial charge on any atom is -0.474 e. The van der Waals surface area contributed by atoms with Crippen LogP contribution in [0.5, 0.6) is 5.88 Å². The van der Waals surface area contributed by atoms with Crippen LogP contribution in [0.15, 0.2) is 28.9 Å². The van der Waals surface area contributed by atoms with Gasteiger partial charge in [0, 0.05) is 12.6 Å². The minimum absolute atomic E-state index is 0.0136. The number of anilines is 1. The summed E-state index contributed by atoms with van der Waals surface area (Å²) in [6.45, 7) is 8.02. The zero-order valence-electron chi connectivity index (χ0n) is 22.2. The smallest absolute Gasteiger partial charge is 0.236 e. The molecular weight excluding hydrogens is 526 g/mol. The molecule has 2 aliphatic rings. The highest BCUT2D eigenvalue weighted by atomic mass is 35.5. The van der Waals surface area contributed by atoms with Crippen LogP contribution in [-0.2, 0) is 20.2 Å². The number of aryl methyl sites for hydroxylation is 1. The average Bonchev–Trinajstić information content (AvgIpc) is 3.81. The summed E-state index contributed by atoms with van der Waals surface area (Å²) < 4.78 is 38.8. The third kappa shape index (κ3) is 5.15. The normalized spacial score (nSPS) is 18.2. The van der Waals surface area contributed by atoms with Crippen LogP contribution in [0.1, 0.15) is 88.3 Å². The Balaban J connectivity index is 1.39. The van der Waals surface area contributed by atoms with Gasteiger partial charge in [0.25, 0.3) is 0 Å². The Bertz CT molecular complexity index is 1480. The Labute approximate surface area is 228 Å². The van der Waals surface area contributed by atoms with E-state index in [4.69, 9.17) is 20.9 Å². The Kier molecular flexibility index (Phi) is 7.20. The summed E-state index contributed by atoms with van der Waals surface area (Å²) in [4.78, 5) is 18.3. The Morgan fingerprint density at radius 3 is 2.58 bits per heavy atom. The number of benzene rings is 1. The zero-order valence-corrected chi connectivity index (χ0v) is 23.8. The number of nitrogens with zero attached hydrogens (tertiary/aromatic N) is 2. The topological polar surface area (TPSA) is 111 Å². The van der Waals surface area contributed by atoms with E-state index in [2.05, 4.69) is 21.8 Å². The number of sulfonamides is 1. The molecule has 2 atom stereocenters. The van der Waals surface area contributed by atoms with Crippen molar-refractivity contribution in [3.05, 3.63) is 46.1 Å².